The van der Waals surface area contributed by atoms with Crippen molar-refractivity contribution < 1.29 is 4.79 Å². The minimum absolute atomic E-state index is 0.0759. The molecule has 7 heteroatoms. The minimum Gasteiger partial charge on any atom is -0.367 e. The summed E-state index contributed by atoms with van der Waals surface area (Å²) >= 11 is 0. The van der Waals surface area contributed by atoms with E-state index >= 15 is 0 Å². The second kappa shape index (κ2) is 6.27. The molecule has 0 unspecified atom stereocenters. The average molecular weight is 322 g/mol. The first kappa shape index (κ1) is 14.6. The number of piperidine rings is 1. The van der Waals surface area contributed by atoms with Crippen LogP contribution in [0.1, 0.15) is 23.2 Å². The van der Waals surface area contributed by atoms with Gasteiger partial charge in [0.15, 0.2) is 0 Å². The number of hydrogen-bond donors (Lipinski definition) is 2. The van der Waals surface area contributed by atoms with Crippen LogP contribution in [0.3, 0.4) is 0 Å². The van der Waals surface area contributed by atoms with Crippen LogP contribution in [0.25, 0.3) is 11.0 Å². The molecule has 0 spiro atoms. The molecule has 1 amide bonds. The Bertz CT molecular complexity index is 838. The topological polar surface area (TPSA) is 86.8 Å². The number of hydrogen-bond acceptors (Lipinski definition) is 5. The van der Waals surface area contributed by atoms with Gasteiger partial charge in [0.2, 0.25) is 0 Å². The second-order valence-corrected chi connectivity index (χ2v) is 5.94. The van der Waals surface area contributed by atoms with Gasteiger partial charge in [0.25, 0.3) is 5.91 Å². The van der Waals surface area contributed by atoms with Crippen LogP contribution in [-0.4, -0.2) is 49.9 Å². The van der Waals surface area contributed by atoms with Crippen molar-refractivity contribution in [3.63, 3.8) is 0 Å². The van der Waals surface area contributed by atoms with E-state index in [-0.39, 0.29) is 5.91 Å². The first-order valence-electron chi connectivity index (χ1n) is 8.04. The number of benzene rings is 1. The molecule has 1 aromatic carbocycles. The summed E-state index contributed by atoms with van der Waals surface area (Å²) in [5.74, 6) is 0.909. The van der Waals surface area contributed by atoms with Crippen LogP contribution in [0, 0.1) is 0 Å². The first-order valence-corrected chi connectivity index (χ1v) is 8.04. The van der Waals surface area contributed by atoms with Crippen molar-refractivity contribution in [1.29, 1.82) is 0 Å². The highest BCUT2D eigenvalue weighted by Gasteiger charge is 2.24. The van der Waals surface area contributed by atoms with Crippen LogP contribution in [0.4, 0.5) is 5.82 Å². The van der Waals surface area contributed by atoms with Gasteiger partial charge in [-0.3, -0.25) is 4.79 Å². The summed E-state index contributed by atoms with van der Waals surface area (Å²) in [6.07, 6.45) is 6.71. The Morgan fingerprint density at radius 1 is 1.21 bits per heavy atom. The number of anilines is 1. The van der Waals surface area contributed by atoms with Crippen LogP contribution in [0.15, 0.2) is 43.1 Å². The van der Waals surface area contributed by atoms with Gasteiger partial charge in [-0.15, -0.1) is 0 Å². The molecule has 4 rings (SSSR count). The number of nitrogens with one attached hydrogen (secondary N) is 2. The first-order chi connectivity index (χ1) is 11.8. The Labute approximate surface area is 139 Å². The fraction of sp³-hybridized carbons (Fsp3) is 0.294. The van der Waals surface area contributed by atoms with E-state index in [4.69, 9.17) is 0 Å². The van der Waals surface area contributed by atoms with Crippen LogP contribution in [0.5, 0.6) is 0 Å². The predicted octanol–water partition coefficient (Wildman–Crippen LogP) is 2.07. The number of fused-ring (bicyclic) bond motifs is 1. The summed E-state index contributed by atoms with van der Waals surface area (Å²) in [6, 6.07) is 7.78. The largest absolute Gasteiger partial charge is 0.367 e. The zero-order valence-corrected chi connectivity index (χ0v) is 13.1. The summed E-state index contributed by atoms with van der Waals surface area (Å²) in [4.78, 5) is 29.9. The van der Waals surface area contributed by atoms with E-state index in [2.05, 4.69) is 25.3 Å². The summed E-state index contributed by atoms with van der Waals surface area (Å²) in [5, 5.41) is 3.40. The maximum Gasteiger partial charge on any atom is 0.253 e. The number of carbonyl (C=O) groups is 1. The Balaban J connectivity index is 1.39. The third kappa shape index (κ3) is 2.92. The zero-order chi connectivity index (χ0) is 16.4. The van der Waals surface area contributed by atoms with E-state index in [1.165, 1.54) is 6.33 Å². The van der Waals surface area contributed by atoms with Gasteiger partial charge < -0.3 is 15.2 Å². The van der Waals surface area contributed by atoms with Gasteiger partial charge in [0.1, 0.15) is 12.1 Å². The molecule has 1 aliphatic rings. The summed E-state index contributed by atoms with van der Waals surface area (Å²) in [6.45, 7) is 1.48. The molecule has 122 valence electrons. The van der Waals surface area contributed by atoms with E-state index in [1.807, 2.05) is 29.2 Å². The molecule has 3 aromatic rings. The van der Waals surface area contributed by atoms with Crippen molar-refractivity contribution in [1.82, 2.24) is 24.8 Å². The average Bonchev–Trinajstić information content (AvgIpc) is 3.10. The maximum atomic E-state index is 12.7. The lowest BCUT2D eigenvalue weighted by molar-refractivity contribution is 0.0718. The lowest BCUT2D eigenvalue weighted by Crippen LogP contribution is -2.42. The quantitative estimate of drug-likeness (QED) is 0.771. The number of H-pyrrole nitrogens is 1. The van der Waals surface area contributed by atoms with Gasteiger partial charge in [-0.05, 0) is 37.1 Å². The molecule has 0 aliphatic carbocycles. The standard InChI is InChI=1S/C17H18N6O/c24-17(12-1-2-14-15(9-12)20-11-19-14)23-7-4-13(5-8-23)22-16-3-6-18-10-21-16/h1-3,6,9-11,13H,4-5,7-8H2,(H,19,20)(H,18,21,22). The minimum atomic E-state index is 0.0759. The highest BCUT2D eigenvalue weighted by Crippen LogP contribution is 2.18. The predicted molar refractivity (Wildman–Crippen MR) is 90.7 cm³/mol. The molecule has 0 saturated carbocycles. The molecule has 1 aliphatic heterocycles. The fourth-order valence-electron chi connectivity index (χ4n) is 3.06. The Hall–Kier alpha value is -2.96. The molecule has 0 bridgehead atoms. The van der Waals surface area contributed by atoms with Crippen LogP contribution in [-0.2, 0) is 0 Å². The highest BCUT2D eigenvalue weighted by atomic mass is 16.2. The monoisotopic (exact) mass is 322 g/mol. The molecule has 7 nitrogen and oxygen atoms in total. The molecule has 0 radical (unpaired) electrons. The lowest BCUT2D eigenvalue weighted by Gasteiger charge is -2.32. The molecule has 2 aromatic heterocycles. The number of carbonyl (C=O) groups excluding carboxylic acids is 1. The third-order valence-corrected chi connectivity index (χ3v) is 4.38. The number of aromatic amines is 1. The summed E-state index contributed by atoms with van der Waals surface area (Å²) < 4.78 is 0. The van der Waals surface area contributed by atoms with Crippen molar-refractivity contribution in [2.75, 3.05) is 18.4 Å². The Morgan fingerprint density at radius 3 is 2.88 bits per heavy atom. The van der Waals surface area contributed by atoms with Crippen LogP contribution < -0.4 is 5.32 Å². The van der Waals surface area contributed by atoms with E-state index in [0.29, 0.717) is 11.6 Å². The maximum absolute atomic E-state index is 12.7. The van der Waals surface area contributed by atoms with Gasteiger partial charge >= 0.3 is 0 Å². The second-order valence-electron chi connectivity index (χ2n) is 5.94. The molecule has 1 fully saturated rings. The number of likely N-dealkylation sites (tertiary alicyclic amines) is 1. The molecule has 1 saturated heterocycles. The normalized spacial score (nSPS) is 15.6. The van der Waals surface area contributed by atoms with Crippen molar-refractivity contribution >= 4 is 22.8 Å². The van der Waals surface area contributed by atoms with Gasteiger partial charge in [-0.25, -0.2) is 15.0 Å². The molecular weight excluding hydrogens is 304 g/mol. The highest BCUT2D eigenvalue weighted by molar-refractivity contribution is 5.97. The Kier molecular flexibility index (Phi) is 3.82. The van der Waals surface area contributed by atoms with Crippen LogP contribution >= 0.6 is 0 Å². The zero-order valence-electron chi connectivity index (χ0n) is 13.1. The van der Waals surface area contributed by atoms with E-state index in [1.54, 1.807) is 12.5 Å². The Morgan fingerprint density at radius 2 is 2.08 bits per heavy atom. The fourth-order valence-corrected chi connectivity index (χ4v) is 3.06. The smallest absolute Gasteiger partial charge is 0.253 e. The van der Waals surface area contributed by atoms with Gasteiger partial charge in [-0.2, -0.15) is 0 Å². The third-order valence-electron chi connectivity index (χ3n) is 4.38. The molecule has 2 N–H and O–H groups in total. The number of aromatic nitrogens is 4. The van der Waals surface area contributed by atoms with Gasteiger partial charge in [0.05, 0.1) is 17.4 Å². The molecule has 3 heterocycles. The van der Waals surface area contributed by atoms with E-state index in [9.17, 15) is 4.79 Å². The van der Waals surface area contributed by atoms with Crippen LogP contribution in [0.2, 0.25) is 0 Å². The van der Waals surface area contributed by atoms with Crippen molar-refractivity contribution in [3.8, 4) is 0 Å². The number of nitrogens with zero attached hydrogens (tertiary/aromatic N) is 4. The lowest BCUT2D eigenvalue weighted by atomic mass is 10.0. The van der Waals surface area contributed by atoms with Gasteiger partial charge in [0, 0.05) is 30.9 Å². The molecular formula is C17H18N6O. The van der Waals surface area contributed by atoms with Gasteiger partial charge in [-0.1, -0.05) is 0 Å². The van der Waals surface area contributed by atoms with Crippen molar-refractivity contribution in [2.24, 2.45) is 0 Å². The van der Waals surface area contributed by atoms with Crippen molar-refractivity contribution in [3.05, 3.63) is 48.7 Å². The summed E-state index contributed by atoms with van der Waals surface area (Å²) in [5.41, 5.74) is 2.47. The summed E-state index contributed by atoms with van der Waals surface area (Å²) in [7, 11) is 0. The molecule has 24 heavy (non-hydrogen) atoms. The van der Waals surface area contributed by atoms with E-state index < -0.39 is 0 Å². The number of amides is 1. The van der Waals surface area contributed by atoms with Crippen molar-refractivity contribution in [2.45, 2.75) is 18.9 Å². The number of imidazole rings is 1. The van der Waals surface area contributed by atoms with E-state index in [0.717, 1.165) is 42.8 Å². The number of rotatable bonds is 3. The molecule has 0 atom stereocenters. The SMILES string of the molecule is O=C(c1ccc2nc[nH]c2c1)N1CCC(Nc2ccncn2)CC1.